The van der Waals surface area contributed by atoms with Crippen molar-refractivity contribution < 1.29 is 0 Å². The molecule has 2 aromatic heterocycles. The molecule has 4 unspecified atom stereocenters. The summed E-state index contributed by atoms with van der Waals surface area (Å²) in [6, 6.07) is 23.1. The van der Waals surface area contributed by atoms with Gasteiger partial charge in [-0.25, -0.2) is 0 Å². The number of benzene rings is 2. The monoisotopic (exact) mass is 538 g/mol. The van der Waals surface area contributed by atoms with Crippen LogP contribution in [0.1, 0.15) is 36.7 Å². The van der Waals surface area contributed by atoms with Crippen molar-refractivity contribution in [2.75, 3.05) is 0 Å². The molecule has 3 aliphatic carbocycles. The zero-order valence-corrected chi connectivity index (χ0v) is 24.8. The summed E-state index contributed by atoms with van der Waals surface area (Å²) in [5.74, 6) is 0.478. The molecule has 0 amide bonds. The fourth-order valence-electron chi connectivity index (χ4n) is 7.69. The highest BCUT2D eigenvalue weighted by Crippen LogP contribution is 2.47. The van der Waals surface area contributed by atoms with Crippen LogP contribution in [0.5, 0.6) is 0 Å². The third-order valence-corrected chi connectivity index (χ3v) is 15.5. The molecule has 4 aromatic rings. The number of aromatic nitrogens is 2. The second-order valence-electron chi connectivity index (χ2n) is 11.9. The molecular weight excluding hydrogens is 501 g/mol. The highest BCUT2D eigenvalue weighted by molar-refractivity contribution is 7.05. The predicted octanol–water partition coefficient (Wildman–Crippen LogP) is 7.81. The van der Waals surface area contributed by atoms with Crippen molar-refractivity contribution in [3.05, 3.63) is 132 Å². The Balaban J connectivity index is 1.48. The molecule has 2 aromatic carbocycles. The van der Waals surface area contributed by atoms with Gasteiger partial charge < -0.3 is 9.13 Å². The third-order valence-electron chi connectivity index (χ3n) is 9.67. The van der Waals surface area contributed by atoms with Crippen LogP contribution in [0.3, 0.4) is 0 Å². The van der Waals surface area contributed by atoms with Crippen LogP contribution in [0.25, 0.3) is 22.7 Å². The lowest BCUT2D eigenvalue weighted by Crippen LogP contribution is -2.65. The fraction of sp³-hybridized carbons (Fsp3) is 0.243. The molecule has 0 saturated carbocycles. The van der Waals surface area contributed by atoms with E-state index in [1.165, 1.54) is 38.7 Å². The molecule has 4 atom stereocenters. The minimum atomic E-state index is -2.39. The van der Waals surface area contributed by atoms with Gasteiger partial charge in [-0.2, -0.15) is 0 Å². The van der Waals surface area contributed by atoms with Crippen molar-refractivity contribution in [1.29, 1.82) is 0 Å². The first-order valence-corrected chi connectivity index (χ1v) is 17.0. The molecule has 0 fully saturated rings. The fourth-order valence-corrected chi connectivity index (χ4v) is 14.0. The van der Waals surface area contributed by atoms with Crippen molar-refractivity contribution in [2.24, 2.45) is 13.0 Å². The molecule has 0 spiro atoms. The number of para-hydroxylation sites is 1. The Morgan fingerprint density at radius 2 is 1.65 bits per heavy atom. The lowest BCUT2D eigenvalue weighted by Gasteiger charge is -2.46. The number of rotatable bonds is 5. The average Bonchev–Trinajstić information content (AvgIpc) is 3.51. The molecular formula is C37H38N2Si. The Bertz CT molecular complexity index is 1700. The summed E-state index contributed by atoms with van der Waals surface area (Å²) < 4.78 is 4.84. The summed E-state index contributed by atoms with van der Waals surface area (Å²) in [6.07, 6.45) is 27.4. The summed E-state index contributed by atoms with van der Waals surface area (Å²) in [4.78, 5) is 0. The number of aryl methyl sites for hydroxylation is 2. The van der Waals surface area contributed by atoms with Crippen LogP contribution in [0, 0.1) is 12.8 Å². The van der Waals surface area contributed by atoms with Crippen LogP contribution < -0.4 is 10.4 Å². The van der Waals surface area contributed by atoms with E-state index in [4.69, 9.17) is 0 Å². The van der Waals surface area contributed by atoms with Crippen LogP contribution in [-0.4, -0.2) is 17.2 Å². The van der Waals surface area contributed by atoms with Crippen molar-refractivity contribution >= 4 is 41.1 Å². The predicted molar refractivity (Wildman–Crippen MR) is 174 cm³/mol. The first-order valence-electron chi connectivity index (χ1n) is 14.8. The van der Waals surface area contributed by atoms with E-state index >= 15 is 0 Å². The molecule has 0 saturated heterocycles. The van der Waals surface area contributed by atoms with Crippen LogP contribution >= 0.6 is 0 Å². The van der Waals surface area contributed by atoms with Crippen LogP contribution in [0.15, 0.2) is 115 Å². The SMILES string of the molecule is Cc1cc([Si](c2ccccc2)(C2C=Cc3c(c4ccccc4n3C3=CCCC=C3)C2)C2C=CC=CC2C)cn1C. The van der Waals surface area contributed by atoms with E-state index in [1.54, 1.807) is 5.19 Å². The molecule has 0 aliphatic heterocycles. The van der Waals surface area contributed by atoms with E-state index in [9.17, 15) is 0 Å². The van der Waals surface area contributed by atoms with Crippen LogP contribution in [0.4, 0.5) is 0 Å². The van der Waals surface area contributed by atoms with Crippen molar-refractivity contribution in [1.82, 2.24) is 9.13 Å². The number of allylic oxidation sites excluding steroid dienone is 9. The van der Waals surface area contributed by atoms with Crippen LogP contribution in [0.2, 0.25) is 11.1 Å². The maximum absolute atomic E-state index is 2.60. The second-order valence-corrected chi connectivity index (χ2v) is 16.2. The van der Waals surface area contributed by atoms with Gasteiger partial charge in [0.1, 0.15) is 8.07 Å². The first kappa shape index (κ1) is 25.2. The zero-order valence-electron chi connectivity index (χ0n) is 23.8. The summed E-state index contributed by atoms with van der Waals surface area (Å²) in [6.45, 7) is 4.68. The van der Waals surface area contributed by atoms with Crippen molar-refractivity contribution in [3.8, 4) is 0 Å². The number of nitrogens with zero attached hydrogens (tertiary/aromatic N) is 2. The maximum atomic E-state index is 2.60. The van der Waals surface area contributed by atoms with Gasteiger partial charge >= 0.3 is 0 Å². The van der Waals surface area contributed by atoms with E-state index in [-0.39, 0.29) is 0 Å². The normalized spacial score (nSPS) is 23.3. The lowest BCUT2D eigenvalue weighted by molar-refractivity contribution is 0.703. The van der Waals surface area contributed by atoms with E-state index < -0.39 is 8.07 Å². The molecule has 0 bridgehead atoms. The topological polar surface area (TPSA) is 9.86 Å². The van der Waals surface area contributed by atoms with Gasteiger partial charge in [-0.05, 0) is 78.2 Å². The molecule has 0 N–H and O–H groups in total. The van der Waals surface area contributed by atoms with Gasteiger partial charge in [-0.1, -0.05) is 103 Å². The van der Waals surface area contributed by atoms with Gasteiger partial charge in [0, 0.05) is 35.7 Å². The highest BCUT2D eigenvalue weighted by atomic mass is 28.3. The van der Waals surface area contributed by atoms with Crippen molar-refractivity contribution in [3.63, 3.8) is 0 Å². The molecule has 0 radical (unpaired) electrons. The third kappa shape index (κ3) is 3.82. The number of hydrogen-bond donors (Lipinski definition) is 0. The molecule has 3 aliphatic rings. The maximum Gasteiger partial charge on any atom is 0.134 e. The van der Waals surface area contributed by atoms with Gasteiger partial charge in [0.25, 0.3) is 0 Å². The summed E-state index contributed by atoms with van der Waals surface area (Å²) in [7, 11) is -0.184. The minimum absolute atomic E-state index is 0.433. The molecule has 200 valence electrons. The molecule has 3 heteroatoms. The smallest absolute Gasteiger partial charge is 0.134 e. The van der Waals surface area contributed by atoms with E-state index in [0.29, 0.717) is 17.0 Å². The highest BCUT2D eigenvalue weighted by Gasteiger charge is 2.52. The Morgan fingerprint density at radius 3 is 2.40 bits per heavy atom. The Morgan fingerprint density at radius 1 is 0.850 bits per heavy atom. The van der Waals surface area contributed by atoms with Crippen LogP contribution in [-0.2, 0) is 13.5 Å². The second kappa shape index (κ2) is 9.98. The number of fused-ring (bicyclic) bond motifs is 3. The zero-order chi connectivity index (χ0) is 27.3. The molecule has 2 nitrogen and oxygen atoms in total. The van der Waals surface area contributed by atoms with E-state index in [1.807, 2.05) is 0 Å². The Kier molecular flexibility index (Phi) is 6.28. The standard InChI is InChI=1S/C37H38N2Si/c1-27-14-10-13-21-37(27)40(30-17-8-5-9-18-30,32-24-28(2)38(3)26-32)31-22-23-36-34(25-31)33-19-11-12-20-35(33)39(36)29-15-6-4-7-16-29/h5-6,8-24,26-27,31,37H,4,7,25H2,1-3H3. The first-order chi connectivity index (χ1) is 19.6. The lowest BCUT2D eigenvalue weighted by atomic mass is 10.00. The molecule has 7 rings (SSSR count). The largest absolute Gasteiger partial charge is 0.355 e. The van der Waals surface area contributed by atoms with Gasteiger partial charge in [0.15, 0.2) is 0 Å². The minimum Gasteiger partial charge on any atom is -0.355 e. The Hall–Kier alpha value is -3.82. The van der Waals surface area contributed by atoms with E-state index in [2.05, 4.69) is 152 Å². The number of hydrogen-bond acceptors (Lipinski definition) is 0. The summed E-state index contributed by atoms with van der Waals surface area (Å²) in [5, 5.41) is 4.49. The summed E-state index contributed by atoms with van der Waals surface area (Å²) in [5.41, 5.74) is 7.74. The van der Waals surface area contributed by atoms with Crippen molar-refractivity contribution in [2.45, 2.75) is 44.2 Å². The summed E-state index contributed by atoms with van der Waals surface area (Å²) >= 11 is 0. The van der Waals surface area contributed by atoms with Gasteiger partial charge in [0.05, 0.1) is 5.52 Å². The van der Waals surface area contributed by atoms with E-state index in [0.717, 1.165) is 19.3 Å². The van der Waals surface area contributed by atoms with Gasteiger partial charge in [-0.15, -0.1) is 0 Å². The van der Waals surface area contributed by atoms with Gasteiger partial charge in [0.2, 0.25) is 0 Å². The quantitative estimate of drug-likeness (QED) is 0.229. The Labute approximate surface area is 239 Å². The molecule has 40 heavy (non-hydrogen) atoms. The molecule has 2 heterocycles. The van der Waals surface area contributed by atoms with Gasteiger partial charge in [-0.3, -0.25) is 0 Å². The average molecular weight is 539 g/mol.